The summed E-state index contributed by atoms with van der Waals surface area (Å²) in [5.74, 6) is 0.394. The number of rotatable bonds is 6. The molecular weight excluding hydrogens is 246 g/mol. The number of nitrogens with zero attached hydrogens (tertiary/aromatic N) is 1. The summed E-state index contributed by atoms with van der Waals surface area (Å²) in [5.41, 5.74) is 2.37. The number of hydrogen-bond donors (Lipinski definition) is 1. The van der Waals surface area contributed by atoms with Gasteiger partial charge in [0.15, 0.2) is 0 Å². The first-order chi connectivity index (χ1) is 9.72. The van der Waals surface area contributed by atoms with Crippen molar-refractivity contribution in [1.82, 2.24) is 4.90 Å². The summed E-state index contributed by atoms with van der Waals surface area (Å²) in [7, 11) is 2.13. The fraction of sp³-hybridized carbons (Fsp3) is 0.333. The van der Waals surface area contributed by atoms with Gasteiger partial charge in [0.1, 0.15) is 5.75 Å². The maximum atomic E-state index is 10.0. The lowest BCUT2D eigenvalue weighted by molar-refractivity contribution is 0.237. The van der Waals surface area contributed by atoms with E-state index in [0.29, 0.717) is 5.75 Å². The lowest BCUT2D eigenvalue weighted by Gasteiger charge is -2.28. The largest absolute Gasteiger partial charge is 0.508 e. The van der Waals surface area contributed by atoms with Gasteiger partial charge in [0.05, 0.1) is 0 Å². The van der Waals surface area contributed by atoms with Crippen molar-refractivity contribution in [2.45, 2.75) is 25.8 Å². The summed E-state index contributed by atoms with van der Waals surface area (Å²) in [4.78, 5) is 2.32. The van der Waals surface area contributed by atoms with Gasteiger partial charge in [0, 0.05) is 18.2 Å². The molecule has 0 heterocycles. The molecule has 0 fully saturated rings. The van der Waals surface area contributed by atoms with Gasteiger partial charge in [-0.2, -0.15) is 0 Å². The molecule has 2 rings (SSSR count). The van der Waals surface area contributed by atoms with Gasteiger partial charge >= 0.3 is 0 Å². The highest BCUT2D eigenvalue weighted by Crippen LogP contribution is 2.29. The van der Waals surface area contributed by atoms with Gasteiger partial charge in [-0.05, 0) is 31.5 Å². The number of aromatic hydroxyl groups is 1. The van der Waals surface area contributed by atoms with Crippen molar-refractivity contribution in [3.8, 4) is 5.75 Å². The van der Waals surface area contributed by atoms with Crippen LogP contribution in [0.25, 0.3) is 0 Å². The summed E-state index contributed by atoms with van der Waals surface area (Å²) in [6.07, 6.45) is 2.02. The first-order valence-electron chi connectivity index (χ1n) is 7.24. The van der Waals surface area contributed by atoms with Crippen LogP contribution in [0.1, 0.15) is 30.5 Å². The maximum absolute atomic E-state index is 10.0. The number of likely N-dealkylation sites (N-methyl/N-ethyl adjacent to an activating group) is 1. The van der Waals surface area contributed by atoms with E-state index < -0.39 is 0 Å². The van der Waals surface area contributed by atoms with Gasteiger partial charge in [0.25, 0.3) is 0 Å². The van der Waals surface area contributed by atoms with Crippen molar-refractivity contribution < 1.29 is 5.11 Å². The van der Waals surface area contributed by atoms with Gasteiger partial charge in [-0.1, -0.05) is 55.5 Å². The van der Waals surface area contributed by atoms with E-state index in [1.807, 2.05) is 24.3 Å². The monoisotopic (exact) mass is 269 g/mol. The molecule has 2 aromatic rings. The van der Waals surface area contributed by atoms with E-state index in [1.54, 1.807) is 6.07 Å². The molecule has 0 bridgehead atoms. The Kier molecular flexibility index (Phi) is 5.19. The fourth-order valence-corrected chi connectivity index (χ4v) is 2.64. The minimum Gasteiger partial charge on any atom is -0.508 e. The molecule has 1 atom stereocenters. The first-order valence-corrected chi connectivity index (χ1v) is 7.24. The number of para-hydroxylation sites is 1. The van der Waals surface area contributed by atoms with E-state index in [2.05, 4.69) is 43.1 Å². The molecule has 106 valence electrons. The Labute approximate surface area is 121 Å². The summed E-state index contributed by atoms with van der Waals surface area (Å²) in [6.45, 7) is 3.15. The molecule has 1 unspecified atom stereocenters. The Morgan fingerprint density at radius 1 is 1.00 bits per heavy atom. The predicted octanol–water partition coefficient (Wildman–Crippen LogP) is 4.02. The number of phenols is 1. The van der Waals surface area contributed by atoms with Gasteiger partial charge in [-0.3, -0.25) is 4.90 Å². The average molecular weight is 269 g/mol. The minimum absolute atomic E-state index is 0.264. The Hall–Kier alpha value is -1.80. The smallest absolute Gasteiger partial charge is 0.120 e. The van der Waals surface area contributed by atoms with Gasteiger partial charge < -0.3 is 5.11 Å². The molecule has 0 spiro atoms. The zero-order valence-corrected chi connectivity index (χ0v) is 12.3. The fourth-order valence-electron chi connectivity index (χ4n) is 2.64. The molecule has 0 saturated carbocycles. The second-order valence-corrected chi connectivity index (χ2v) is 5.20. The summed E-state index contributed by atoms with van der Waals surface area (Å²) >= 11 is 0. The predicted molar refractivity (Wildman–Crippen MR) is 83.9 cm³/mol. The highest BCUT2D eigenvalue weighted by atomic mass is 16.3. The zero-order chi connectivity index (χ0) is 14.4. The zero-order valence-electron chi connectivity index (χ0n) is 12.3. The molecule has 0 aromatic heterocycles. The summed E-state index contributed by atoms with van der Waals surface area (Å²) in [5, 5.41) is 10.0. The van der Waals surface area contributed by atoms with Crippen LogP contribution in [0.2, 0.25) is 0 Å². The van der Waals surface area contributed by atoms with Crippen molar-refractivity contribution in [2.75, 3.05) is 13.6 Å². The third kappa shape index (κ3) is 3.61. The summed E-state index contributed by atoms with van der Waals surface area (Å²) in [6, 6.07) is 18.4. The molecule has 20 heavy (non-hydrogen) atoms. The second-order valence-electron chi connectivity index (χ2n) is 5.20. The molecule has 2 aromatic carbocycles. The molecule has 0 aliphatic carbocycles. The normalized spacial score (nSPS) is 12.6. The van der Waals surface area contributed by atoms with Crippen LogP contribution in [-0.2, 0) is 6.42 Å². The van der Waals surface area contributed by atoms with E-state index in [-0.39, 0.29) is 6.04 Å². The van der Waals surface area contributed by atoms with Gasteiger partial charge in [0.2, 0.25) is 0 Å². The van der Waals surface area contributed by atoms with Crippen LogP contribution in [0.5, 0.6) is 5.75 Å². The van der Waals surface area contributed by atoms with Crippen LogP contribution in [0.15, 0.2) is 54.6 Å². The van der Waals surface area contributed by atoms with Crippen LogP contribution in [0.4, 0.5) is 0 Å². The van der Waals surface area contributed by atoms with Crippen LogP contribution in [0.3, 0.4) is 0 Å². The maximum Gasteiger partial charge on any atom is 0.120 e. The number of hydrogen-bond acceptors (Lipinski definition) is 2. The van der Waals surface area contributed by atoms with Crippen molar-refractivity contribution >= 4 is 0 Å². The minimum atomic E-state index is 0.264. The van der Waals surface area contributed by atoms with E-state index in [4.69, 9.17) is 0 Å². The Balaban J connectivity index is 2.03. The first kappa shape index (κ1) is 14.6. The number of benzene rings is 2. The molecule has 0 saturated heterocycles. The van der Waals surface area contributed by atoms with E-state index in [1.165, 1.54) is 5.56 Å². The Morgan fingerprint density at radius 2 is 1.65 bits per heavy atom. The lowest BCUT2D eigenvalue weighted by atomic mass is 10.0. The molecule has 0 aliphatic rings. The molecule has 0 amide bonds. The third-order valence-corrected chi connectivity index (χ3v) is 3.81. The van der Waals surface area contributed by atoms with E-state index >= 15 is 0 Å². The van der Waals surface area contributed by atoms with Crippen molar-refractivity contribution in [3.63, 3.8) is 0 Å². The van der Waals surface area contributed by atoms with Gasteiger partial charge in [-0.25, -0.2) is 0 Å². The topological polar surface area (TPSA) is 23.5 Å². The Morgan fingerprint density at radius 3 is 2.30 bits per heavy atom. The Bertz CT molecular complexity index is 524. The molecular formula is C18H23NO. The van der Waals surface area contributed by atoms with Crippen LogP contribution < -0.4 is 0 Å². The third-order valence-electron chi connectivity index (χ3n) is 3.81. The van der Waals surface area contributed by atoms with E-state index in [9.17, 15) is 5.11 Å². The lowest BCUT2D eigenvalue weighted by Crippen LogP contribution is -2.26. The number of phenolic OH excluding ortho intramolecular Hbond substituents is 1. The molecule has 1 N–H and O–H groups in total. The quantitative estimate of drug-likeness (QED) is 0.856. The highest BCUT2D eigenvalue weighted by Gasteiger charge is 2.17. The highest BCUT2D eigenvalue weighted by molar-refractivity contribution is 5.34. The standard InChI is InChI=1S/C18H23NO/c1-3-17(16-11-7-8-12-18(16)20)19(2)14-13-15-9-5-4-6-10-15/h4-12,17,20H,3,13-14H2,1-2H3. The van der Waals surface area contributed by atoms with Crippen molar-refractivity contribution in [2.24, 2.45) is 0 Å². The molecule has 2 heteroatoms. The average Bonchev–Trinajstić information content (AvgIpc) is 2.49. The van der Waals surface area contributed by atoms with E-state index in [0.717, 1.165) is 24.9 Å². The van der Waals surface area contributed by atoms with Crippen molar-refractivity contribution in [3.05, 3.63) is 65.7 Å². The second kappa shape index (κ2) is 7.11. The summed E-state index contributed by atoms with van der Waals surface area (Å²) < 4.78 is 0. The molecule has 0 aliphatic heterocycles. The molecule has 0 radical (unpaired) electrons. The van der Waals surface area contributed by atoms with Crippen LogP contribution in [-0.4, -0.2) is 23.6 Å². The van der Waals surface area contributed by atoms with Crippen LogP contribution >= 0.6 is 0 Å². The van der Waals surface area contributed by atoms with Crippen LogP contribution in [0, 0.1) is 0 Å². The SMILES string of the molecule is CCC(c1ccccc1O)N(C)CCc1ccccc1. The van der Waals surface area contributed by atoms with Crippen molar-refractivity contribution in [1.29, 1.82) is 0 Å². The van der Waals surface area contributed by atoms with Gasteiger partial charge in [-0.15, -0.1) is 0 Å². The molecule has 2 nitrogen and oxygen atoms in total.